The van der Waals surface area contributed by atoms with Gasteiger partial charge in [-0.15, -0.1) is 0 Å². The predicted molar refractivity (Wildman–Crippen MR) is 219 cm³/mol. The zero-order chi connectivity index (χ0) is 35.1. The molecule has 0 spiro atoms. The monoisotopic (exact) mass is 679 g/mol. The van der Waals surface area contributed by atoms with Gasteiger partial charge >= 0.3 is 0 Å². The van der Waals surface area contributed by atoms with Gasteiger partial charge in [-0.2, -0.15) is 0 Å². The molecule has 250 valence electrons. The smallest absolute Gasteiger partial charge is 0.228 e. The first kappa shape index (κ1) is 30.6. The van der Waals surface area contributed by atoms with Gasteiger partial charge in [-0.1, -0.05) is 133 Å². The summed E-state index contributed by atoms with van der Waals surface area (Å²) in [5, 5.41) is 2.23. The summed E-state index contributed by atoms with van der Waals surface area (Å²) in [6.07, 6.45) is 0. The van der Waals surface area contributed by atoms with Crippen LogP contribution in [0.3, 0.4) is 0 Å². The van der Waals surface area contributed by atoms with E-state index in [1.165, 1.54) is 5.56 Å². The third-order valence-corrected chi connectivity index (χ3v) is 10.0. The Balaban J connectivity index is 1.25. The number of hydrogen-bond donors (Lipinski definition) is 0. The topological polar surface area (TPSA) is 34.2 Å². The lowest BCUT2D eigenvalue weighted by atomic mass is 10.0. The van der Waals surface area contributed by atoms with Gasteiger partial charge < -0.3 is 13.9 Å². The van der Waals surface area contributed by atoms with Crippen molar-refractivity contribution in [2.24, 2.45) is 0 Å². The average Bonchev–Trinajstić information content (AvgIpc) is 3.82. The van der Waals surface area contributed by atoms with E-state index in [1.54, 1.807) is 0 Å². The van der Waals surface area contributed by atoms with Crippen molar-refractivity contribution in [3.63, 3.8) is 0 Å². The average molecular weight is 680 g/mol. The molecule has 4 heteroatoms. The number of hydrogen-bond acceptors (Lipinski definition) is 3. The minimum absolute atomic E-state index is 0.615. The highest BCUT2D eigenvalue weighted by atomic mass is 16.3. The lowest BCUT2D eigenvalue weighted by Gasteiger charge is -2.28. The molecule has 0 bridgehead atoms. The van der Waals surface area contributed by atoms with E-state index in [1.807, 2.05) is 24.3 Å². The molecule has 0 saturated heterocycles. The van der Waals surface area contributed by atoms with Crippen molar-refractivity contribution in [3.8, 4) is 39.4 Å². The maximum atomic E-state index is 6.38. The fraction of sp³-hybridized carbons (Fsp3) is 0. The summed E-state index contributed by atoms with van der Waals surface area (Å²) in [5.41, 5.74) is 13.7. The van der Waals surface area contributed by atoms with Gasteiger partial charge in [0.25, 0.3) is 0 Å². The number of rotatable bonds is 7. The summed E-state index contributed by atoms with van der Waals surface area (Å²) >= 11 is 0. The zero-order valence-corrected chi connectivity index (χ0v) is 28.8. The van der Waals surface area contributed by atoms with Crippen LogP contribution in [0.2, 0.25) is 0 Å². The van der Waals surface area contributed by atoms with Gasteiger partial charge in [0.15, 0.2) is 5.58 Å². The van der Waals surface area contributed by atoms with Crippen LogP contribution >= 0.6 is 0 Å². The van der Waals surface area contributed by atoms with Gasteiger partial charge in [-0.3, -0.25) is 0 Å². The van der Waals surface area contributed by atoms with E-state index in [0.29, 0.717) is 5.89 Å². The van der Waals surface area contributed by atoms with Crippen LogP contribution < -0.4 is 4.90 Å². The minimum Gasteiger partial charge on any atom is -0.436 e. The number of nitrogens with zero attached hydrogens (tertiary/aromatic N) is 3. The molecule has 8 aromatic carbocycles. The lowest BCUT2D eigenvalue weighted by Crippen LogP contribution is -2.11. The molecule has 0 atom stereocenters. The first-order valence-corrected chi connectivity index (χ1v) is 17.9. The maximum Gasteiger partial charge on any atom is 0.228 e. The van der Waals surface area contributed by atoms with Gasteiger partial charge in [-0.25, -0.2) is 4.98 Å². The number of anilines is 3. The predicted octanol–water partition coefficient (Wildman–Crippen LogP) is 13.4. The number of aromatic nitrogens is 2. The largest absolute Gasteiger partial charge is 0.436 e. The molecule has 0 aliphatic rings. The Morgan fingerprint density at radius 3 is 1.91 bits per heavy atom. The Hall–Kier alpha value is -7.17. The molecule has 0 saturated carbocycles. The summed E-state index contributed by atoms with van der Waals surface area (Å²) in [5.74, 6) is 0.615. The van der Waals surface area contributed by atoms with Crippen molar-refractivity contribution in [1.29, 1.82) is 0 Å². The first-order valence-electron chi connectivity index (χ1n) is 17.9. The van der Waals surface area contributed by atoms with Crippen LogP contribution in [0, 0.1) is 0 Å². The van der Waals surface area contributed by atoms with Crippen LogP contribution in [0.1, 0.15) is 0 Å². The van der Waals surface area contributed by atoms with E-state index in [9.17, 15) is 0 Å². The van der Waals surface area contributed by atoms with Crippen molar-refractivity contribution in [1.82, 2.24) is 9.55 Å². The molecule has 0 unspecified atom stereocenters. The third-order valence-electron chi connectivity index (χ3n) is 10.0. The zero-order valence-electron chi connectivity index (χ0n) is 28.8. The fourth-order valence-electron chi connectivity index (χ4n) is 7.63. The highest BCUT2D eigenvalue weighted by Crippen LogP contribution is 2.45. The molecule has 0 N–H and O–H groups in total. The molecule has 10 aromatic rings. The van der Waals surface area contributed by atoms with Crippen LogP contribution in [0.15, 0.2) is 205 Å². The maximum absolute atomic E-state index is 6.38. The van der Waals surface area contributed by atoms with Crippen molar-refractivity contribution < 1.29 is 4.42 Å². The van der Waals surface area contributed by atoms with Gasteiger partial charge in [0.2, 0.25) is 5.89 Å². The van der Waals surface area contributed by atoms with Crippen molar-refractivity contribution in [3.05, 3.63) is 200 Å². The first-order chi connectivity index (χ1) is 26.3. The quantitative estimate of drug-likeness (QED) is 0.168. The van der Waals surface area contributed by atoms with Crippen molar-refractivity contribution >= 4 is 50.0 Å². The molecule has 0 fully saturated rings. The standard InChI is InChI=1S/C49H33N3O/c1-4-16-34(17-5-1)36-20-14-23-38(32-36)51(44-27-12-10-24-40(44)35-18-6-2-7-19-35)39-30-31-41-46(33-39)52(37-21-8-3-9-22-37)45-28-15-25-42(48(41)45)49-50-43-26-11-13-29-47(43)53-49/h1-33H. The van der Waals surface area contributed by atoms with Gasteiger partial charge in [0.05, 0.1) is 16.7 Å². The third kappa shape index (κ3) is 5.36. The van der Waals surface area contributed by atoms with E-state index < -0.39 is 0 Å². The second kappa shape index (κ2) is 12.9. The lowest BCUT2D eigenvalue weighted by molar-refractivity contribution is 0.620. The Labute approximate surface area is 307 Å². The fourth-order valence-corrected chi connectivity index (χ4v) is 7.63. The number of fused-ring (bicyclic) bond motifs is 4. The second-order valence-corrected chi connectivity index (χ2v) is 13.2. The van der Waals surface area contributed by atoms with Crippen LogP contribution in [0.4, 0.5) is 17.1 Å². The highest BCUT2D eigenvalue weighted by molar-refractivity contribution is 6.16. The minimum atomic E-state index is 0.615. The van der Waals surface area contributed by atoms with Crippen LogP contribution in [0.25, 0.3) is 72.3 Å². The van der Waals surface area contributed by atoms with E-state index in [0.717, 1.165) is 77.9 Å². The molecule has 0 aliphatic carbocycles. The molecule has 53 heavy (non-hydrogen) atoms. The molecule has 4 nitrogen and oxygen atoms in total. The molecule has 10 rings (SSSR count). The van der Waals surface area contributed by atoms with Gasteiger partial charge in [0.1, 0.15) is 5.52 Å². The van der Waals surface area contributed by atoms with E-state index in [-0.39, 0.29) is 0 Å². The molecular weight excluding hydrogens is 647 g/mol. The summed E-state index contributed by atoms with van der Waals surface area (Å²) in [4.78, 5) is 7.33. The highest BCUT2D eigenvalue weighted by Gasteiger charge is 2.23. The molecule has 0 aliphatic heterocycles. The summed E-state index contributed by atoms with van der Waals surface area (Å²) < 4.78 is 8.74. The number of benzene rings is 8. The van der Waals surface area contributed by atoms with Crippen molar-refractivity contribution in [2.45, 2.75) is 0 Å². The van der Waals surface area contributed by atoms with Crippen molar-refractivity contribution in [2.75, 3.05) is 4.90 Å². The van der Waals surface area contributed by atoms with Gasteiger partial charge in [0, 0.05) is 39.0 Å². The van der Waals surface area contributed by atoms with Crippen LogP contribution in [-0.2, 0) is 0 Å². The Morgan fingerprint density at radius 1 is 0.453 bits per heavy atom. The number of para-hydroxylation sites is 4. The molecule has 2 heterocycles. The Kier molecular flexibility index (Phi) is 7.43. The summed E-state index contributed by atoms with van der Waals surface area (Å²) in [6, 6.07) is 70.5. The van der Waals surface area contributed by atoms with E-state index in [2.05, 4.69) is 185 Å². The Morgan fingerprint density at radius 2 is 1.09 bits per heavy atom. The second-order valence-electron chi connectivity index (χ2n) is 13.2. The SMILES string of the molecule is c1ccc(-c2cccc(N(c3ccc4c5c(-c6nc7ccccc7o6)cccc5n(-c5ccccc5)c4c3)c3ccccc3-c3ccccc3)c2)cc1. The van der Waals surface area contributed by atoms with Gasteiger partial charge in [-0.05, 0) is 83.4 Å². The van der Waals surface area contributed by atoms with Crippen LogP contribution in [0.5, 0.6) is 0 Å². The molecule has 2 aromatic heterocycles. The molecule has 0 radical (unpaired) electrons. The normalized spacial score (nSPS) is 11.4. The van der Waals surface area contributed by atoms with Crippen LogP contribution in [-0.4, -0.2) is 9.55 Å². The Bertz CT molecular complexity index is 2860. The van der Waals surface area contributed by atoms with E-state index >= 15 is 0 Å². The number of oxazole rings is 1. The summed E-state index contributed by atoms with van der Waals surface area (Å²) in [7, 11) is 0. The molecule has 0 amide bonds. The van der Waals surface area contributed by atoms with E-state index in [4.69, 9.17) is 9.40 Å². The molecular formula is C49H33N3O. The summed E-state index contributed by atoms with van der Waals surface area (Å²) in [6.45, 7) is 0.